The molecule has 0 saturated carbocycles. The molecule has 0 aromatic heterocycles. The number of fused-ring (bicyclic) bond motifs is 1. The molecule has 29 heavy (non-hydrogen) atoms. The van der Waals surface area contributed by atoms with Gasteiger partial charge in [0.05, 0.1) is 13.2 Å². The van der Waals surface area contributed by atoms with Crippen LogP contribution in [0.15, 0.2) is 29.8 Å². The van der Waals surface area contributed by atoms with Crippen LogP contribution in [0.25, 0.3) is 0 Å². The molecule has 1 unspecified atom stereocenters. The lowest BCUT2D eigenvalue weighted by molar-refractivity contribution is -0.137. The minimum atomic E-state index is -0.625. The number of imide groups is 1. The topological polar surface area (TPSA) is 105 Å². The first-order valence-electron chi connectivity index (χ1n) is 9.84. The zero-order valence-electron chi connectivity index (χ0n) is 16.0. The SMILES string of the molecule is O=C1CCC(N2Cc3cc(CNC(=O)C4=CCCOCC4)ccc3C2=O)C(=O)N1. The fourth-order valence-corrected chi connectivity index (χ4v) is 3.94. The molecule has 0 bridgehead atoms. The van der Waals surface area contributed by atoms with Gasteiger partial charge in [-0.05, 0) is 30.0 Å². The maximum absolute atomic E-state index is 12.7. The van der Waals surface area contributed by atoms with Crippen molar-refractivity contribution >= 4 is 23.6 Å². The van der Waals surface area contributed by atoms with Gasteiger partial charge < -0.3 is 15.0 Å². The van der Waals surface area contributed by atoms with Crippen molar-refractivity contribution in [2.24, 2.45) is 0 Å². The second-order valence-corrected chi connectivity index (χ2v) is 7.45. The summed E-state index contributed by atoms with van der Waals surface area (Å²) in [7, 11) is 0. The molecule has 8 heteroatoms. The number of benzene rings is 1. The monoisotopic (exact) mass is 397 g/mol. The van der Waals surface area contributed by atoms with Crippen molar-refractivity contribution < 1.29 is 23.9 Å². The maximum atomic E-state index is 12.7. The van der Waals surface area contributed by atoms with Crippen molar-refractivity contribution in [1.29, 1.82) is 0 Å². The average molecular weight is 397 g/mol. The molecule has 0 spiro atoms. The molecule has 0 radical (unpaired) electrons. The number of nitrogens with zero attached hydrogens (tertiary/aromatic N) is 1. The second kappa shape index (κ2) is 8.16. The molecular weight excluding hydrogens is 374 g/mol. The van der Waals surface area contributed by atoms with Gasteiger partial charge >= 0.3 is 0 Å². The summed E-state index contributed by atoms with van der Waals surface area (Å²) < 4.78 is 5.36. The van der Waals surface area contributed by atoms with Gasteiger partial charge in [0, 0.05) is 37.1 Å². The molecule has 4 amide bonds. The molecule has 3 aliphatic heterocycles. The quantitative estimate of drug-likeness (QED) is 0.732. The van der Waals surface area contributed by atoms with Crippen molar-refractivity contribution in [3.05, 3.63) is 46.5 Å². The van der Waals surface area contributed by atoms with Crippen LogP contribution < -0.4 is 10.6 Å². The highest BCUT2D eigenvalue weighted by atomic mass is 16.5. The van der Waals surface area contributed by atoms with Gasteiger partial charge in [0.1, 0.15) is 6.04 Å². The molecule has 3 aliphatic rings. The molecule has 1 atom stereocenters. The lowest BCUT2D eigenvalue weighted by atomic mass is 10.0. The third-order valence-electron chi connectivity index (χ3n) is 5.50. The molecule has 3 heterocycles. The molecule has 2 N–H and O–H groups in total. The minimum Gasteiger partial charge on any atom is -0.381 e. The molecule has 1 fully saturated rings. The fourth-order valence-electron chi connectivity index (χ4n) is 3.94. The summed E-state index contributed by atoms with van der Waals surface area (Å²) in [5.41, 5.74) is 3.02. The summed E-state index contributed by atoms with van der Waals surface area (Å²) in [6.07, 6.45) is 3.83. The molecule has 1 aromatic carbocycles. The van der Waals surface area contributed by atoms with E-state index < -0.39 is 11.9 Å². The second-order valence-electron chi connectivity index (χ2n) is 7.45. The van der Waals surface area contributed by atoms with Crippen molar-refractivity contribution in [2.45, 2.75) is 44.8 Å². The van der Waals surface area contributed by atoms with Crippen LogP contribution in [0, 0.1) is 0 Å². The van der Waals surface area contributed by atoms with E-state index in [2.05, 4.69) is 10.6 Å². The van der Waals surface area contributed by atoms with Gasteiger partial charge in [-0.25, -0.2) is 0 Å². The molecule has 0 aliphatic carbocycles. The van der Waals surface area contributed by atoms with Crippen molar-refractivity contribution in [1.82, 2.24) is 15.5 Å². The van der Waals surface area contributed by atoms with Crippen molar-refractivity contribution in [3.8, 4) is 0 Å². The Bertz CT molecular complexity index is 908. The zero-order valence-corrected chi connectivity index (χ0v) is 16.0. The number of ether oxygens (including phenoxy) is 1. The normalized spacial score (nSPS) is 21.9. The zero-order chi connectivity index (χ0) is 20.4. The lowest BCUT2D eigenvalue weighted by Crippen LogP contribution is -2.52. The largest absolute Gasteiger partial charge is 0.381 e. The van der Waals surface area contributed by atoms with Crippen molar-refractivity contribution in [3.63, 3.8) is 0 Å². The van der Waals surface area contributed by atoms with E-state index in [-0.39, 0.29) is 24.1 Å². The Kier molecular flexibility index (Phi) is 5.44. The Morgan fingerprint density at radius 1 is 1.21 bits per heavy atom. The number of nitrogens with one attached hydrogen (secondary N) is 2. The van der Waals surface area contributed by atoms with Crippen LogP contribution in [0.1, 0.15) is 47.2 Å². The van der Waals surface area contributed by atoms with Gasteiger partial charge in [-0.1, -0.05) is 18.2 Å². The van der Waals surface area contributed by atoms with E-state index in [1.807, 2.05) is 18.2 Å². The standard InChI is InChI=1S/C21H23N3O5/c25-18-6-5-17(20(27)23-18)24-12-15-10-13(3-4-16(15)21(24)28)11-22-19(26)14-2-1-8-29-9-7-14/h2-4,10,17H,1,5-9,11-12H2,(H,22,26)(H,23,25,27). The summed E-state index contributed by atoms with van der Waals surface area (Å²) in [6.45, 7) is 1.87. The lowest BCUT2D eigenvalue weighted by Gasteiger charge is -2.29. The first-order chi connectivity index (χ1) is 14.0. The summed E-state index contributed by atoms with van der Waals surface area (Å²) in [6, 6.07) is 4.82. The third kappa shape index (κ3) is 4.07. The highest BCUT2D eigenvalue weighted by Crippen LogP contribution is 2.28. The van der Waals surface area contributed by atoms with E-state index in [4.69, 9.17) is 4.74 Å². The summed E-state index contributed by atoms with van der Waals surface area (Å²) >= 11 is 0. The Balaban J connectivity index is 1.41. The maximum Gasteiger partial charge on any atom is 0.255 e. The number of hydrogen-bond donors (Lipinski definition) is 2. The van der Waals surface area contributed by atoms with E-state index in [0.717, 1.165) is 23.1 Å². The van der Waals surface area contributed by atoms with Crippen LogP contribution in [0.4, 0.5) is 0 Å². The number of hydrogen-bond acceptors (Lipinski definition) is 5. The highest BCUT2D eigenvalue weighted by Gasteiger charge is 2.39. The van der Waals surface area contributed by atoms with Crippen molar-refractivity contribution in [2.75, 3.05) is 13.2 Å². The number of rotatable bonds is 4. The Hall–Kier alpha value is -3.00. The van der Waals surface area contributed by atoms with Gasteiger partial charge in [-0.2, -0.15) is 0 Å². The molecule has 1 saturated heterocycles. The van der Waals surface area contributed by atoms with E-state index in [1.54, 1.807) is 6.07 Å². The van der Waals surface area contributed by atoms with Gasteiger partial charge in [0.25, 0.3) is 5.91 Å². The first kappa shape index (κ1) is 19.3. The van der Waals surface area contributed by atoms with Gasteiger partial charge in [0.15, 0.2) is 0 Å². The molecule has 152 valence electrons. The predicted molar refractivity (Wildman–Crippen MR) is 102 cm³/mol. The average Bonchev–Trinajstić information content (AvgIpc) is 2.88. The smallest absolute Gasteiger partial charge is 0.255 e. The molecule has 4 rings (SSSR count). The number of carbonyl (C=O) groups is 4. The van der Waals surface area contributed by atoms with E-state index in [1.165, 1.54) is 4.90 Å². The van der Waals surface area contributed by atoms with Gasteiger partial charge in [0.2, 0.25) is 17.7 Å². The Morgan fingerprint density at radius 3 is 2.90 bits per heavy atom. The first-order valence-corrected chi connectivity index (χ1v) is 9.84. The predicted octanol–water partition coefficient (Wildman–Crippen LogP) is 0.801. The number of piperidine rings is 1. The van der Waals surface area contributed by atoms with Gasteiger partial charge in [-0.15, -0.1) is 0 Å². The van der Waals surface area contributed by atoms with Crippen LogP contribution in [0.5, 0.6) is 0 Å². The van der Waals surface area contributed by atoms with Gasteiger partial charge in [-0.3, -0.25) is 24.5 Å². The summed E-state index contributed by atoms with van der Waals surface area (Å²) in [4.78, 5) is 50.1. The Labute approximate surface area is 168 Å². The van der Waals surface area contributed by atoms with E-state index >= 15 is 0 Å². The van der Waals surface area contributed by atoms with Crippen LogP contribution in [0.3, 0.4) is 0 Å². The Morgan fingerprint density at radius 2 is 2.07 bits per heavy atom. The number of carbonyl (C=O) groups excluding carboxylic acids is 4. The molecule has 8 nitrogen and oxygen atoms in total. The highest BCUT2D eigenvalue weighted by molar-refractivity contribution is 6.05. The van der Waals surface area contributed by atoms with E-state index in [0.29, 0.717) is 44.7 Å². The van der Waals surface area contributed by atoms with Crippen LogP contribution in [-0.2, 0) is 32.2 Å². The fraction of sp³-hybridized carbons (Fsp3) is 0.429. The van der Waals surface area contributed by atoms with Crippen LogP contribution in [-0.4, -0.2) is 47.8 Å². The minimum absolute atomic E-state index is 0.0998. The molecule has 1 aromatic rings. The van der Waals surface area contributed by atoms with Crippen LogP contribution in [0.2, 0.25) is 0 Å². The summed E-state index contributed by atoms with van der Waals surface area (Å²) in [5.74, 6) is -1.02. The van der Waals surface area contributed by atoms with E-state index in [9.17, 15) is 19.2 Å². The summed E-state index contributed by atoms with van der Waals surface area (Å²) in [5, 5.41) is 5.22. The number of amides is 4. The molecular formula is C21H23N3O5. The van der Waals surface area contributed by atoms with Crippen LogP contribution >= 0.6 is 0 Å². The third-order valence-corrected chi connectivity index (χ3v) is 5.50.